The molecular formula is C17H15ClFNO3S. The Morgan fingerprint density at radius 3 is 2.62 bits per heavy atom. The van der Waals surface area contributed by atoms with Crippen molar-refractivity contribution in [2.75, 3.05) is 11.6 Å². The van der Waals surface area contributed by atoms with Gasteiger partial charge in [-0.1, -0.05) is 23.7 Å². The first-order valence-corrected chi connectivity index (χ1v) is 8.62. The first kappa shape index (κ1) is 18.3. The van der Waals surface area contributed by atoms with Crippen LogP contribution in [-0.2, 0) is 9.53 Å². The van der Waals surface area contributed by atoms with Gasteiger partial charge in [-0.25, -0.2) is 9.18 Å². The zero-order valence-corrected chi connectivity index (χ0v) is 14.6. The summed E-state index contributed by atoms with van der Waals surface area (Å²) < 4.78 is 18.2. The van der Waals surface area contributed by atoms with Gasteiger partial charge in [0.25, 0.3) is 5.91 Å². The molecule has 126 valence electrons. The lowest BCUT2D eigenvalue weighted by molar-refractivity contribution is -0.123. The number of hydrogen-bond acceptors (Lipinski definition) is 4. The maximum atomic E-state index is 13.0. The largest absolute Gasteiger partial charge is 0.449 e. The van der Waals surface area contributed by atoms with E-state index in [9.17, 15) is 14.0 Å². The average molecular weight is 368 g/mol. The maximum Gasteiger partial charge on any atom is 0.340 e. The van der Waals surface area contributed by atoms with Crippen molar-refractivity contribution in [1.29, 1.82) is 0 Å². The second kappa shape index (κ2) is 8.17. The fourth-order valence-corrected chi connectivity index (χ4v) is 2.72. The summed E-state index contributed by atoms with van der Waals surface area (Å²) in [6, 6.07) is 10.6. The summed E-state index contributed by atoms with van der Waals surface area (Å²) in [6.07, 6.45) is 0.812. The third kappa shape index (κ3) is 4.49. The van der Waals surface area contributed by atoms with Gasteiger partial charge in [-0.2, -0.15) is 0 Å². The number of rotatable bonds is 5. The Kier molecular flexibility index (Phi) is 6.23. The van der Waals surface area contributed by atoms with Gasteiger partial charge in [0.2, 0.25) is 0 Å². The molecule has 0 aromatic heterocycles. The van der Waals surface area contributed by atoms with Crippen LogP contribution in [0.25, 0.3) is 0 Å². The van der Waals surface area contributed by atoms with Gasteiger partial charge in [0.15, 0.2) is 6.10 Å². The van der Waals surface area contributed by atoms with Crippen LogP contribution in [0.2, 0.25) is 5.02 Å². The molecule has 1 amide bonds. The summed E-state index contributed by atoms with van der Waals surface area (Å²) in [5.74, 6) is -1.66. The third-order valence-electron chi connectivity index (χ3n) is 3.17. The topological polar surface area (TPSA) is 55.4 Å². The molecule has 1 N–H and O–H groups in total. The van der Waals surface area contributed by atoms with Crippen molar-refractivity contribution < 1.29 is 18.7 Å². The highest BCUT2D eigenvalue weighted by Crippen LogP contribution is 2.23. The van der Waals surface area contributed by atoms with Crippen LogP contribution in [0.5, 0.6) is 0 Å². The Balaban J connectivity index is 2.04. The number of carbonyl (C=O) groups excluding carboxylic acids is 2. The monoisotopic (exact) mass is 367 g/mol. The minimum atomic E-state index is -1.03. The van der Waals surface area contributed by atoms with Crippen LogP contribution in [0.1, 0.15) is 17.3 Å². The quantitative estimate of drug-likeness (QED) is 0.629. The predicted octanol–water partition coefficient (Wildman–Crippen LogP) is 4.39. The summed E-state index contributed by atoms with van der Waals surface area (Å²) in [6.45, 7) is 1.45. The van der Waals surface area contributed by atoms with Gasteiger partial charge in [-0.3, -0.25) is 4.79 Å². The van der Waals surface area contributed by atoms with Gasteiger partial charge in [0, 0.05) is 4.90 Å². The van der Waals surface area contributed by atoms with Crippen LogP contribution in [0, 0.1) is 5.82 Å². The van der Waals surface area contributed by atoms with Crippen molar-refractivity contribution in [1.82, 2.24) is 0 Å². The van der Waals surface area contributed by atoms with Crippen LogP contribution < -0.4 is 5.32 Å². The number of carbonyl (C=O) groups is 2. The number of hydrogen-bond donors (Lipinski definition) is 1. The Hall–Kier alpha value is -2.05. The van der Waals surface area contributed by atoms with Gasteiger partial charge in [-0.05, 0) is 43.5 Å². The standard InChI is InChI=1S/C17H15ClFNO3S/c1-10(16(21)20-14-8-7-11(19)9-13(14)18)23-17(22)12-5-3-4-6-15(12)24-2/h3-10H,1-2H3,(H,20,21)/t10-/m1/s1. The second-order valence-corrected chi connectivity index (χ2v) is 6.12. The molecule has 0 radical (unpaired) electrons. The van der Waals surface area contributed by atoms with Gasteiger partial charge in [0.05, 0.1) is 16.3 Å². The highest BCUT2D eigenvalue weighted by molar-refractivity contribution is 7.98. The highest BCUT2D eigenvalue weighted by atomic mass is 35.5. The van der Waals surface area contributed by atoms with E-state index >= 15 is 0 Å². The zero-order chi connectivity index (χ0) is 17.7. The average Bonchev–Trinajstić information content (AvgIpc) is 2.57. The number of halogens is 2. The van der Waals surface area contributed by atoms with Crippen LogP contribution in [-0.4, -0.2) is 24.2 Å². The summed E-state index contributed by atoms with van der Waals surface area (Å²) in [4.78, 5) is 25.1. The number of thioether (sulfide) groups is 1. The zero-order valence-electron chi connectivity index (χ0n) is 13.0. The van der Waals surface area contributed by atoms with E-state index in [0.29, 0.717) is 5.56 Å². The van der Waals surface area contributed by atoms with Gasteiger partial charge < -0.3 is 10.1 Å². The first-order valence-electron chi connectivity index (χ1n) is 7.02. The maximum absolute atomic E-state index is 13.0. The fraction of sp³-hybridized carbons (Fsp3) is 0.176. The summed E-state index contributed by atoms with van der Waals surface area (Å²) in [5, 5.41) is 2.57. The third-order valence-corrected chi connectivity index (χ3v) is 4.28. The molecule has 0 saturated carbocycles. The van der Waals surface area contributed by atoms with Crippen molar-refractivity contribution >= 4 is 40.9 Å². The molecule has 2 aromatic carbocycles. The molecule has 0 saturated heterocycles. The van der Waals surface area contributed by atoms with Crippen molar-refractivity contribution in [2.24, 2.45) is 0 Å². The lowest BCUT2D eigenvalue weighted by Gasteiger charge is -2.15. The summed E-state index contributed by atoms with van der Waals surface area (Å²) in [5.41, 5.74) is 0.639. The molecule has 4 nitrogen and oxygen atoms in total. The number of amides is 1. The van der Waals surface area contributed by atoms with Crippen molar-refractivity contribution in [3.63, 3.8) is 0 Å². The SMILES string of the molecule is CSc1ccccc1C(=O)O[C@H](C)C(=O)Nc1ccc(F)cc1Cl. The minimum absolute atomic E-state index is 0.0644. The second-order valence-electron chi connectivity index (χ2n) is 4.86. The van der Waals surface area contributed by atoms with E-state index in [4.69, 9.17) is 16.3 Å². The predicted molar refractivity (Wildman–Crippen MR) is 93.1 cm³/mol. The van der Waals surface area contributed by atoms with E-state index in [-0.39, 0.29) is 10.7 Å². The Labute approximate surface area is 148 Å². The molecule has 0 aliphatic rings. The summed E-state index contributed by atoms with van der Waals surface area (Å²) in [7, 11) is 0. The lowest BCUT2D eigenvalue weighted by atomic mass is 10.2. The molecule has 0 spiro atoms. The molecule has 0 aliphatic heterocycles. The normalized spacial score (nSPS) is 11.7. The number of nitrogens with one attached hydrogen (secondary N) is 1. The Morgan fingerprint density at radius 1 is 1.25 bits per heavy atom. The molecule has 1 atom stereocenters. The van der Waals surface area contributed by atoms with Gasteiger partial charge >= 0.3 is 5.97 Å². The van der Waals surface area contributed by atoms with E-state index in [1.807, 2.05) is 12.3 Å². The first-order chi connectivity index (χ1) is 11.4. The van der Waals surface area contributed by atoms with Gasteiger partial charge in [0.1, 0.15) is 5.82 Å². The fourth-order valence-electron chi connectivity index (χ4n) is 1.92. The Bertz CT molecular complexity index is 769. The lowest BCUT2D eigenvalue weighted by Crippen LogP contribution is -2.30. The molecule has 2 aromatic rings. The number of anilines is 1. The molecule has 2 rings (SSSR count). The summed E-state index contributed by atoms with van der Waals surface area (Å²) >= 11 is 7.27. The van der Waals surface area contributed by atoms with E-state index in [0.717, 1.165) is 11.0 Å². The molecule has 0 fully saturated rings. The molecule has 24 heavy (non-hydrogen) atoms. The van der Waals surface area contributed by atoms with E-state index in [1.165, 1.54) is 30.8 Å². The Morgan fingerprint density at radius 2 is 1.96 bits per heavy atom. The van der Waals surface area contributed by atoms with E-state index in [2.05, 4.69) is 5.32 Å². The van der Waals surface area contributed by atoms with Crippen LogP contribution in [0.15, 0.2) is 47.4 Å². The smallest absolute Gasteiger partial charge is 0.340 e. The number of ether oxygens (including phenoxy) is 1. The van der Waals surface area contributed by atoms with Crippen LogP contribution in [0.4, 0.5) is 10.1 Å². The molecule has 0 aliphatic carbocycles. The molecule has 0 unspecified atom stereocenters. The number of benzene rings is 2. The van der Waals surface area contributed by atoms with Crippen LogP contribution in [0.3, 0.4) is 0 Å². The van der Waals surface area contributed by atoms with Crippen LogP contribution >= 0.6 is 23.4 Å². The molecule has 0 heterocycles. The van der Waals surface area contributed by atoms with Crippen molar-refractivity contribution in [2.45, 2.75) is 17.9 Å². The molecule has 0 bridgehead atoms. The highest BCUT2D eigenvalue weighted by Gasteiger charge is 2.21. The van der Waals surface area contributed by atoms with Gasteiger partial charge in [-0.15, -0.1) is 11.8 Å². The van der Waals surface area contributed by atoms with E-state index < -0.39 is 23.8 Å². The minimum Gasteiger partial charge on any atom is -0.449 e. The van der Waals surface area contributed by atoms with Crippen molar-refractivity contribution in [3.8, 4) is 0 Å². The van der Waals surface area contributed by atoms with Crippen molar-refractivity contribution in [3.05, 3.63) is 58.9 Å². The molecule has 7 heteroatoms. The molecular weight excluding hydrogens is 353 g/mol. The van der Waals surface area contributed by atoms with E-state index in [1.54, 1.807) is 18.2 Å². The number of esters is 1.